The van der Waals surface area contributed by atoms with E-state index in [1.165, 1.54) is 11.3 Å². The molecule has 0 N–H and O–H groups in total. The number of allylic oxidation sites excluding steroid dienone is 2. The van der Waals surface area contributed by atoms with Crippen LogP contribution in [0.25, 0.3) is 17.0 Å². The van der Waals surface area contributed by atoms with Crippen molar-refractivity contribution in [3.63, 3.8) is 0 Å². The Morgan fingerprint density at radius 3 is 2.62 bits per heavy atom. The van der Waals surface area contributed by atoms with Gasteiger partial charge in [-0.25, -0.2) is 9.79 Å². The average molecular weight is 532 g/mol. The monoisotopic (exact) mass is 531 g/mol. The zero-order chi connectivity index (χ0) is 26.3. The molecule has 0 unspecified atom stereocenters. The topological polar surface area (TPSA) is 65.6 Å². The van der Waals surface area contributed by atoms with Gasteiger partial charge < -0.3 is 9.30 Å². The summed E-state index contributed by atoms with van der Waals surface area (Å²) in [5.41, 5.74) is 4.54. The van der Waals surface area contributed by atoms with E-state index in [1.54, 1.807) is 30.5 Å². The second kappa shape index (κ2) is 10.00. The van der Waals surface area contributed by atoms with Crippen LogP contribution in [0.15, 0.2) is 82.2 Å². The van der Waals surface area contributed by atoms with Crippen molar-refractivity contribution in [3.8, 4) is 0 Å². The van der Waals surface area contributed by atoms with Gasteiger partial charge in [0.1, 0.15) is 0 Å². The Hall–Kier alpha value is -3.68. The van der Waals surface area contributed by atoms with Crippen LogP contribution in [0.5, 0.6) is 0 Å². The first-order valence-corrected chi connectivity index (χ1v) is 13.2. The number of thiazole rings is 1. The van der Waals surface area contributed by atoms with Crippen molar-refractivity contribution in [2.24, 2.45) is 4.99 Å². The van der Waals surface area contributed by atoms with E-state index in [-0.39, 0.29) is 12.2 Å². The summed E-state index contributed by atoms with van der Waals surface area (Å²) in [5, 5.41) is 1.63. The van der Waals surface area contributed by atoms with E-state index in [4.69, 9.17) is 16.3 Å². The van der Waals surface area contributed by atoms with Gasteiger partial charge in [0.2, 0.25) is 0 Å². The van der Waals surface area contributed by atoms with Gasteiger partial charge in [-0.2, -0.15) is 0 Å². The molecule has 4 aromatic rings. The molecule has 3 heterocycles. The molecule has 1 aliphatic rings. The quantitative estimate of drug-likeness (QED) is 0.262. The highest BCUT2D eigenvalue weighted by molar-refractivity contribution is 7.07. The molecule has 6 nitrogen and oxygen atoms in total. The van der Waals surface area contributed by atoms with Crippen LogP contribution in [0.4, 0.5) is 0 Å². The summed E-state index contributed by atoms with van der Waals surface area (Å²) in [7, 11) is 0. The smallest absolute Gasteiger partial charge is 0.338 e. The van der Waals surface area contributed by atoms with Crippen LogP contribution in [-0.4, -0.2) is 21.7 Å². The molecule has 2 aromatic carbocycles. The van der Waals surface area contributed by atoms with Gasteiger partial charge >= 0.3 is 5.97 Å². The number of hydrogen-bond donors (Lipinski definition) is 0. The summed E-state index contributed by atoms with van der Waals surface area (Å²) in [4.78, 5) is 32.2. The van der Waals surface area contributed by atoms with E-state index in [0.29, 0.717) is 32.2 Å². The molecule has 188 valence electrons. The first kappa shape index (κ1) is 25.0. The average Bonchev–Trinajstić information content (AvgIpc) is 3.33. The van der Waals surface area contributed by atoms with Gasteiger partial charge in [-0.05, 0) is 50.6 Å². The Kier molecular flexibility index (Phi) is 6.75. The summed E-state index contributed by atoms with van der Waals surface area (Å²) in [6.45, 7) is 10.4. The van der Waals surface area contributed by atoms with Gasteiger partial charge in [0.25, 0.3) is 5.56 Å². The summed E-state index contributed by atoms with van der Waals surface area (Å²) < 4.78 is 9.68. The second-order valence-electron chi connectivity index (χ2n) is 8.77. The normalized spacial score (nSPS) is 15.6. The summed E-state index contributed by atoms with van der Waals surface area (Å²) in [6, 6.07) is 14.6. The number of esters is 1. The molecule has 0 radical (unpaired) electrons. The van der Waals surface area contributed by atoms with E-state index in [0.717, 1.165) is 27.7 Å². The van der Waals surface area contributed by atoms with Crippen LogP contribution >= 0.6 is 22.9 Å². The first-order chi connectivity index (χ1) is 17.8. The fourth-order valence-electron chi connectivity index (χ4n) is 4.89. The summed E-state index contributed by atoms with van der Waals surface area (Å²) in [5.74, 6) is -0.485. The number of para-hydroxylation sites is 1. The molecule has 0 fully saturated rings. The number of halogens is 1. The van der Waals surface area contributed by atoms with Crippen LogP contribution in [0.3, 0.4) is 0 Å². The number of rotatable bonds is 6. The molecular formula is C29H26ClN3O3S. The van der Waals surface area contributed by atoms with Crippen molar-refractivity contribution in [1.82, 2.24) is 9.13 Å². The number of carbonyl (C=O) groups is 1. The zero-order valence-electron chi connectivity index (χ0n) is 20.8. The molecule has 2 aromatic heterocycles. The Labute approximate surface area is 223 Å². The molecule has 1 aliphatic heterocycles. The molecule has 1 atom stereocenters. The minimum absolute atomic E-state index is 0.210. The molecule has 0 bridgehead atoms. The minimum atomic E-state index is -0.669. The van der Waals surface area contributed by atoms with E-state index >= 15 is 0 Å². The maximum atomic E-state index is 13.9. The molecule has 0 amide bonds. The van der Waals surface area contributed by atoms with Crippen molar-refractivity contribution in [2.75, 3.05) is 6.61 Å². The van der Waals surface area contributed by atoms with Crippen molar-refractivity contribution in [2.45, 2.75) is 33.4 Å². The Bertz CT molecular complexity index is 1760. The van der Waals surface area contributed by atoms with Gasteiger partial charge in [0.15, 0.2) is 4.80 Å². The number of hydrogen-bond acceptors (Lipinski definition) is 5. The Morgan fingerprint density at radius 1 is 1.19 bits per heavy atom. The molecule has 8 heteroatoms. The maximum Gasteiger partial charge on any atom is 0.338 e. The van der Waals surface area contributed by atoms with Gasteiger partial charge in [0.05, 0.1) is 28.5 Å². The van der Waals surface area contributed by atoms with E-state index in [2.05, 4.69) is 28.3 Å². The summed E-state index contributed by atoms with van der Waals surface area (Å²) in [6.07, 6.45) is 3.80. The molecule has 5 rings (SSSR count). The third-order valence-corrected chi connectivity index (χ3v) is 7.80. The number of carbonyl (C=O) groups excluding carboxylic acids is 1. The van der Waals surface area contributed by atoms with E-state index in [1.807, 2.05) is 43.3 Å². The van der Waals surface area contributed by atoms with Gasteiger partial charge in [-0.15, -0.1) is 6.58 Å². The predicted molar refractivity (Wildman–Crippen MR) is 149 cm³/mol. The lowest BCUT2D eigenvalue weighted by molar-refractivity contribution is -0.139. The number of ether oxygens (including phenoxy) is 1. The molecule has 37 heavy (non-hydrogen) atoms. The number of benzene rings is 2. The van der Waals surface area contributed by atoms with E-state index < -0.39 is 12.0 Å². The SMILES string of the molecule is C=CCn1c(C)c(/C=c2\sc3n(c2=O)[C@H](c2ccc(Cl)cc2)C(C(=O)OCC)=C(C)N=3)c2ccccc21. The van der Waals surface area contributed by atoms with Crippen LogP contribution < -0.4 is 14.9 Å². The third kappa shape index (κ3) is 4.28. The lowest BCUT2D eigenvalue weighted by Gasteiger charge is -2.24. The fourth-order valence-corrected chi connectivity index (χ4v) is 6.04. The largest absolute Gasteiger partial charge is 0.463 e. The van der Waals surface area contributed by atoms with Crippen molar-refractivity contribution >= 4 is 45.9 Å². The minimum Gasteiger partial charge on any atom is -0.463 e. The number of nitrogens with zero attached hydrogens (tertiary/aromatic N) is 3. The van der Waals surface area contributed by atoms with Gasteiger partial charge in [-0.1, -0.05) is 59.3 Å². The number of fused-ring (bicyclic) bond motifs is 2. The standard InChI is InChI=1S/C29H26ClN3O3S/c1-5-15-32-18(4)22(21-9-7-8-10-23(21)32)16-24-27(34)33-26(19-11-13-20(30)14-12-19)25(28(35)36-6-2)17(3)31-29(33)37-24/h5,7-14,16,26H,1,6,15H2,2-4H3/b24-16-/t26-/m1/s1. The van der Waals surface area contributed by atoms with E-state index in [9.17, 15) is 9.59 Å². The molecule has 0 saturated heterocycles. The van der Waals surface area contributed by atoms with Gasteiger partial charge in [-0.3, -0.25) is 9.36 Å². The molecule has 0 aliphatic carbocycles. The van der Waals surface area contributed by atoms with Crippen molar-refractivity contribution < 1.29 is 9.53 Å². The highest BCUT2D eigenvalue weighted by Gasteiger charge is 2.33. The van der Waals surface area contributed by atoms with Crippen LogP contribution in [0.2, 0.25) is 5.02 Å². The molecule has 0 saturated carbocycles. The Morgan fingerprint density at radius 2 is 1.92 bits per heavy atom. The molecular weight excluding hydrogens is 506 g/mol. The lowest BCUT2D eigenvalue weighted by Crippen LogP contribution is -2.39. The maximum absolute atomic E-state index is 13.9. The van der Waals surface area contributed by atoms with Crippen molar-refractivity contribution in [3.05, 3.63) is 114 Å². The zero-order valence-corrected chi connectivity index (χ0v) is 22.4. The number of aromatic nitrogens is 2. The van der Waals surface area contributed by atoms with Crippen LogP contribution in [0, 0.1) is 6.92 Å². The summed E-state index contributed by atoms with van der Waals surface area (Å²) >= 11 is 7.45. The predicted octanol–water partition coefficient (Wildman–Crippen LogP) is 4.90. The molecule has 0 spiro atoms. The first-order valence-electron chi connectivity index (χ1n) is 12.0. The Balaban J connectivity index is 1.77. The highest BCUT2D eigenvalue weighted by atomic mass is 35.5. The highest BCUT2D eigenvalue weighted by Crippen LogP contribution is 2.31. The van der Waals surface area contributed by atoms with Crippen LogP contribution in [0.1, 0.15) is 36.7 Å². The lowest BCUT2D eigenvalue weighted by atomic mass is 9.96. The van der Waals surface area contributed by atoms with Crippen LogP contribution in [-0.2, 0) is 16.1 Å². The third-order valence-electron chi connectivity index (χ3n) is 6.57. The fraction of sp³-hybridized carbons (Fsp3) is 0.207. The van der Waals surface area contributed by atoms with Crippen molar-refractivity contribution in [1.29, 1.82) is 0 Å². The van der Waals surface area contributed by atoms with Gasteiger partial charge in [0, 0.05) is 33.7 Å². The second-order valence-corrected chi connectivity index (χ2v) is 10.2.